The molecule has 1 aromatic carbocycles. The van der Waals surface area contributed by atoms with Gasteiger partial charge in [0.25, 0.3) is 0 Å². The first kappa shape index (κ1) is 17.4. The van der Waals surface area contributed by atoms with Gasteiger partial charge in [-0.05, 0) is 18.6 Å². The van der Waals surface area contributed by atoms with Gasteiger partial charge in [0.1, 0.15) is 5.75 Å². The first-order valence-electron chi connectivity index (χ1n) is 7.37. The fourth-order valence-corrected chi connectivity index (χ4v) is 3.28. The van der Waals surface area contributed by atoms with Crippen LogP contribution in [-0.4, -0.2) is 22.9 Å². The summed E-state index contributed by atoms with van der Waals surface area (Å²) in [6.07, 6.45) is -3.16. The van der Waals surface area contributed by atoms with Gasteiger partial charge in [0.15, 0.2) is 0 Å². The molecule has 0 saturated heterocycles. The van der Waals surface area contributed by atoms with Gasteiger partial charge in [-0.2, -0.15) is 13.2 Å². The first-order chi connectivity index (χ1) is 10.6. The Bertz CT molecular complexity index is 647. The van der Waals surface area contributed by atoms with Crippen LogP contribution in [-0.2, 0) is 4.79 Å². The third-order valence-corrected chi connectivity index (χ3v) is 4.32. The zero-order valence-corrected chi connectivity index (χ0v) is 13.2. The molecule has 1 atom stereocenters. The van der Waals surface area contributed by atoms with E-state index in [-0.39, 0.29) is 12.2 Å². The molecule has 1 heterocycles. The van der Waals surface area contributed by atoms with Crippen molar-refractivity contribution in [3.8, 4) is 5.75 Å². The Morgan fingerprint density at radius 3 is 2.39 bits per heavy atom. The lowest BCUT2D eigenvalue weighted by Gasteiger charge is -2.49. The molecule has 0 fully saturated rings. The van der Waals surface area contributed by atoms with Crippen LogP contribution in [0.1, 0.15) is 39.2 Å². The number of carbonyl (C=O) groups is 1. The number of hydrogen-bond donors (Lipinski definition) is 1. The molecule has 2 rings (SSSR count). The molecule has 0 spiro atoms. The summed E-state index contributed by atoms with van der Waals surface area (Å²) < 4.78 is 47.7. The average molecular weight is 328 g/mol. The molecule has 0 aromatic heterocycles. The third-order valence-electron chi connectivity index (χ3n) is 4.32. The van der Waals surface area contributed by atoms with Crippen molar-refractivity contribution in [3.63, 3.8) is 0 Å². The minimum atomic E-state index is -4.87. The fraction of sp³-hybridized carbons (Fsp3) is 0.471. The van der Waals surface area contributed by atoms with Crippen LogP contribution in [0.25, 0.3) is 6.08 Å². The van der Waals surface area contributed by atoms with Crippen LogP contribution >= 0.6 is 0 Å². The van der Waals surface area contributed by atoms with E-state index in [0.717, 1.165) is 6.08 Å². The molecule has 1 unspecified atom stereocenters. The van der Waals surface area contributed by atoms with Crippen LogP contribution in [0.15, 0.2) is 29.8 Å². The van der Waals surface area contributed by atoms with Gasteiger partial charge in [-0.1, -0.05) is 45.4 Å². The van der Waals surface area contributed by atoms with E-state index >= 15 is 0 Å². The van der Waals surface area contributed by atoms with Crippen molar-refractivity contribution < 1.29 is 27.8 Å². The van der Waals surface area contributed by atoms with Crippen LogP contribution < -0.4 is 4.74 Å². The smallest absolute Gasteiger partial charge is 0.433 e. The number of benzene rings is 1. The number of alkyl halides is 3. The second-order valence-corrected chi connectivity index (χ2v) is 6.32. The molecule has 1 N–H and O–H groups in total. The highest BCUT2D eigenvalue weighted by molar-refractivity contribution is 5.96. The van der Waals surface area contributed by atoms with Crippen LogP contribution in [0, 0.1) is 5.41 Å². The Kier molecular flexibility index (Phi) is 4.22. The van der Waals surface area contributed by atoms with Gasteiger partial charge >= 0.3 is 12.1 Å². The van der Waals surface area contributed by atoms with E-state index in [1.807, 2.05) is 0 Å². The van der Waals surface area contributed by atoms with Crippen LogP contribution in [0.5, 0.6) is 5.75 Å². The molecule has 0 bridgehead atoms. The number of ether oxygens (including phenoxy) is 1. The Hall–Kier alpha value is -1.98. The molecule has 0 aliphatic carbocycles. The number of hydrogen-bond acceptors (Lipinski definition) is 2. The molecule has 0 amide bonds. The zero-order chi connectivity index (χ0) is 17.5. The number of rotatable bonds is 4. The molecular formula is C17H19F3O3. The zero-order valence-electron chi connectivity index (χ0n) is 13.2. The molecule has 126 valence electrons. The summed E-state index contributed by atoms with van der Waals surface area (Å²) >= 11 is 0. The standard InChI is InChI=1S/C17H19F3O3/c1-4-9-15(2,3)16(17(18,19)20)12(14(21)22)10-11-7-5-6-8-13(11)23-16/h5-8,10H,4,9H2,1-3H3,(H,21,22). The van der Waals surface area contributed by atoms with E-state index in [0.29, 0.717) is 12.0 Å². The summed E-state index contributed by atoms with van der Waals surface area (Å²) in [6, 6.07) is 6.14. The maximum Gasteiger partial charge on any atom is 0.433 e. The van der Waals surface area contributed by atoms with Crippen molar-refractivity contribution in [2.45, 2.75) is 45.4 Å². The summed E-state index contributed by atoms with van der Waals surface area (Å²) in [5.41, 5.74) is -4.78. The Morgan fingerprint density at radius 2 is 1.87 bits per heavy atom. The molecule has 3 nitrogen and oxygen atoms in total. The molecule has 1 aromatic rings. The van der Waals surface area contributed by atoms with Crippen molar-refractivity contribution in [2.75, 3.05) is 0 Å². The lowest BCUT2D eigenvalue weighted by atomic mass is 9.66. The van der Waals surface area contributed by atoms with E-state index < -0.39 is 28.7 Å². The number of para-hydroxylation sites is 1. The van der Waals surface area contributed by atoms with Gasteiger partial charge < -0.3 is 9.84 Å². The highest BCUT2D eigenvalue weighted by Gasteiger charge is 2.69. The summed E-state index contributed by atoms with van der Waals surface area (Å²) in [7, 11) is 0. The monoisotopic (exact) mass is 328 g/mol. The number of fused-ring (bicyclic) bond motifs is 1. The van der Waals surface area contributed by atoms with Gasteiger partial charge in [-0.3, -0.25) is 0 Å². The molecular weight excluding hydrogens is 309 g/mol. The Morgan fingerprint density at radius 1 is 1.26 bits per heavy atom. The van der Waals surface area contributed by atoms with Crippen LogP contribution in [0.4, 0.5) is 13.2 Å². The number of carboxylic acids is 1. The quantitative estimate of drug-likeness (QED) is 0.873. The topological polar surface area (TPSA) is 46.5 Å². The van der Waals surface area contributed by atoms with Gasteiger partial charge in [-0.25, -0.2) is 4.79 Å². The lowest BCUT2D eigenvalue weighted by Crippen LogP contribution is -2.63. The predicted octanol–water partition coefficient (Wildman–Crippen LogP) is 4.67. The summed E-state index contributed by atoms with van der Waals surface area (Å²) in [5, 5.41) is 9.45. The number of halogens is 3. The normalized spacial score (nSPS) is 21.2. The van der Waals surface area contributed by atoms with Crippen molar-refractivity contribution in [2.24, 2.45) is 5.41 Å². The lowest BCUT2D eigenvalue weighted by molar-refractivity contribution is -0.270. The van der Waals surface area contributed by atoms with Gasteiger partial charge in [-0.15, -0.1) is 0 Å². The van der Waals surface area contributed by atoms with E-state index in [2.05, 4.69) is 0 Å². The second-order valence-electron chi connectivity index (χ2n) is 6.32. The summed E-state index contributed by atoms with van der Waals surface area (Å²) in [5.74, 6) is -1.58. The van der Waals surface area contributed by atoms with Gasteiger partial charge in [0.2, 0.25) is 5.60 Å². The van der Waals surface area contributed by atoms with Crippen LogP contribution in [0.2, 0.25) is 0 Å². The SMILES string of the molecule is CCCC(C)(C)C1(C(F)(F)F)Oc2ccccc2C=C1C(=O)O. The third kappa shape index (κ3) is 2.60. The molecule has 6 heteroatoms. The van der Waals surface area contributed by atoms with E-state index in [4.69, 9.17) is 4.74 Å². The van der Waals surface area contributed by atoms with Gasteiger partial charge in [0, 0.05) is 11.0 Å². The van der Waals surface area contributed by atoms with Crippen molar-refractivity contribution in [3.05, 3.63) is 35.4 Å². The second kappa shape index (κ2) is 5.58. The van der Waals surface area contributed by atoms with E-state index in [1.54, 1.807) is 19.1 Å². The molecule has 1 aliphatic rings. The average Bonchev–Trinajstić information content (AvgIpc) is 2.44. The van der Waals surface area contributed by atoms with Gasteiger partial charge in [0.05, 0.1) is 5.57 Å². The predicted molar refractivity (Wildman–Crippen MR) is 80.2 cm³/mol. The van der Waals surface area contributed by atoms with Crippen molar-refractivity contribution in [1.82, 2.24) is 0 Å². The number of carboxylic acid groups (broad SMARTS) is 1. The summed E-state index contributed by atoms with van der Waals surface area (Å²) in [4.78, 5) is 11.6. The Balaban J connectivity index is 2.78. The molecule has 23 heavy (non-hydrogen) atoms. The van der Waals surface area contributed by atoms with Crippen molar-refractivity contribution >= 4 is 12.0 Å². The number of aliphatic carboxylic acids is 1. The minimum absolute atomic E-state index is 0.0407. The fourth-order valence-electron chi connectivity index (χ4n) is 3.28. The molecule has 0 saturated carbocycles. The maximum absolute atomic E-state index is 14.1. The maximum atomic E-state index is 14.1. The molecule has 0 radical (unpaired) electrons. The first-order valence-corrected chi connectivity index (χ1v) is 7.37. The van der Waals surface area contributed by atoms with E-state index in [9.17, 15) is 23.1 Å². The largest absolute Gasteiger partial charge is 0.478 e. The highest BCUT2D eigenvalue weighted by atomic mass is 19.4. The van der Waals surface area contributed by atoms with Crippen LogP contribution in [0.3, 0.4) is 0 Å². The molecule has 1 aliphatic heterocycles. The Labute approximate surface area is 132 Å². The minimum Gasteiger partial charge on any atom is -0.478 e. The van der Waals surface area contributed by atoms with Crippen molar-refractivity contribution in [1.29, 1.82) is 0 Å². The highest BCUT2D eigenvalue weighted by Crippen LogP contribution is 2.55. The van der Waals surface area contributed by atoms with E-state index in [1.165, 1.54) is 26.0 Å². The summed E-state index contributed by atoms with van der Waals surface area (Å²) in [6.45, 7) is 4.55.